The Morgan fingerprint density at radius 2 is 2.25 bits per heavy atom. The fourth-order valence-corrected chi connectivity index (χ4v) is 1.45. The molecule has 0 bridgehead atoms. The van der Waals surface area contributed by atoms with Crippen LogP contribution in [0.15, 0.2) is 16.9 Å². The lowest BCUT2D eigenvalue weighted by atomic mass is 10.2. The molecule has 0 saturated heterocycles. The van der Waals surface area contributed by atoms with Crippen LogP contribution in [0.3, 0.4) is 0 Å². The summed E-state index contributed by atoms with van der Waals surface area (Å²) in [4.78, 5) is 22.5. The van der Waals surface area contributed by atoms with Gasteiger partial charge in [0.25, 0.3) is 5.56 Å². The van der Waals surface area contributed by atoms with Crippen molar-refractivity contribution in [3.05, 3.63) is 33.7 Å². The van der Waals surface area contributed by atoms with Crippen LogP contribution in [-0.2, 0) is 6.54 Å². The van der Waals surface area contributed by atoms with E-state index >= 15 is 0 Å². The van der Waals surface area contributed by atoms with E-state index in [0.29, 0.717) is 19.4 Å². The highest BCUT2D eigenvalue weighted by Gasteiger charge is 2.11. The maximum absolute atomic E-state index is 11.8. The summed E-state index contributed by atoms with van der Waals surface area (Å²) < 4.78 is 1.45. The minimum absolute atomic E-state index is 0.202. The number of unbranched alkanes of at least 4 members (excludes halogenated alkanes) is 1. The van der Waals surface area contributed by atoms with E-state index in [9.17, 15) is 9.59 Å². The molecule has 1 aromatic heterocycles. The summed E-state index contributed by atoms with van der Waals surface area (Å²) in [6.07, 6.45) is 6.35. The number of carboxylic acid groups (broad SMARTS) is 1. The molecule has 0 spiro atoms. The molecule has 0 aliphatic heterocycles. The van der Waals surface area contributed by atoms with Crippen LogP contribution in [0, 0.1) is 19.3 Å². The Bertz CT molecular complexity index is 494. The van der Waals surface area contributed by atoms with Crippen LogP contribution in [0.2, 0.25) is 0 Å². The number of hydrogen-bond acceptors (Lipinski definition) is 2. The zero-order valence-corrected chi connectivity index (χ0v) is 9.06. The van der Waals surface area contributed by atoms with Crippen LogP contribution >= 0.6 is 0 Å². The maximum Gasteiger partial charge on any atom is 0.341 e. The van der Waals surface area contributed by atoms with Crippen LogP contribution in [0.25, 0.3) is 0 Å². The fourth-order valence-electron chi connectivity index (χ4n) is 1.45. The van der Waals surface area contributed by atoms with Gasteiger partial charge in [0, 0.05) is 18.7 Å². The number of pyridine rings is 1. The van der Waals surface area contributed by atoms with Gasteiger partial charge in [-0.05, 0) is 25.5 Å². The van der Waals surface area contributed by atoms with Gasteiger partial charge in [0.05, 0.1) is 0 Å². The third-order valence-electron chi connectivity index (χ3n) is 2.33. The Kier molecular flexibility index (Phi) is 3.90. The summed E-state index contributed by atoms with van der Waals surface area (Å²) in [5, 5.41) is 8.81. The van der Waals surface area contributed by atoms with Crippen molar-refractivity contribution >= 4 is 5.97 Å². The zero-order valence-electron chi connectivity index (χ0n) is 9.06. The Balaban J connectivity index is 3.08. The minimum atomic E-state index is -1.20. The molecule has 16 heavy (non-hydrogen) atoms. The molecule has 1 aromatic rings. The van der Waals surface area contributed by atoms with Gasteiger partial charge in [-0.15, -0.1) is 12.3 Å². The van der Waals surface area contributed by atoms with Gasteiger partial charge < -0.3 is 9.67 Å². The van der Waals surface area contributed by atoms with Gasteiger partial charge in [-0.3, -0.25) is 4.79 Å². The molecule has 84 valence electrons. The summed E-state index contributed by atoms with van der Waals surface area (Å²) >= 11 is 0. The summed E-state index contributed by atoms with van der Waals surface area (Å²) in [6.45, 7) is 2.22. The van der Waals surface area contributed by atoms with Gasteiger partial charge in [-0.25, -0.2) is 4.79 Å². The average Bonchev–Trinajstić information content (AvgIpc) is 2.22. The Morgan fingerprint density at radius 1 is 1.56 bits per heavy atom. The molecule has 0 aromatic carbocycles. The zero-order chi connectivity index (χ0) is 12.1. The van der Waals surface area contributed by atoms with Crippen LogP contribution in [-0.4, -0.2) is 15.6 Å². The van der Waals surface area contributed by atoms with Gasteiger partial charge in [-0.1, -0.05) is 0 Å². The highest BCUT2D eigenvalue weighted by atomic mass is 16.4. The molecule has 4 heteroatoms. The van der Waals surface area contributed by atoms with Crippen molar-refractivity contribution in [3.63, 3.8) is 0 Å². The summed E-state index contributed by atoms with van der Waals surface area (Å²) in [5.41, 5.74) is 0.0721. The molecule has 0 unspecified atom stereocenters. The Morgan fingerprint density at radius 3 is 2.81 bits per heavy atom. The highest BCUT2D eigenvalue weighted by Crippen LogP contribution is 2.01. The predicted octanol–water partition coefficient (Wildman–Crippen LogP) is 1.27. The molecule has 4 nitrogen and oxygen atoms in total. The first kappa shape index (κ1) is 12.1. The SMILES string of the molecule is C#CCCCn1c(C)ccc(C(=O)O)c1=O. The number of aromatic carboxylic acids is 1. The van der Waals surface area contributed by atoms with Crippen LogP contribution in [0.1, 0.15) is 28.9 Å². The number of hydrogen-bond donors (Lipinski definition) is 1. The third-order valence-corrected chi connectivity index (χ3v) is 2.33. The van der Waals surface area contributed by atoms with Crippen molar-refractivity contribution in [2.45, 2.75) is 26.3 Å². The minimum Gasteiger partial charge on any atom is -0.477 e. The first-order valence-corrected chi connectivity index (χ1v) is 4.95. The first-order chi connectivity index (χ1) is 7.57. The number of aryl methyl sites for hydroxylation is 1. The van der Waals surface area contributed by atoms with Gasteiger partial charge in [0.15, 0.2) is 0 Å². The average molecular weight is 219 g/mol. The van der Waals surface area contributed by atoms with Crippen molar-refractivity contribution in [2.24, 2.45) is 0 Å². The number of carbonyl (C=O) groups is 1. The van der Waals surface area contributed by atoms with Crippen molar-refractivity contribution in [1.82, 2.24) is 4.57 Å². The second kappa shape index (κ2) is 5.17. The number of nitrogens with zero attached hydrogens (tertiary/aromatic N) is 1. The molecule has 0 fully saturated rings. The molecule has 1 heterocycles. The summed E-state index contributed by atoms with van der Waals surface area (Å²) in [7, 11) is 0. The number of rotatable bonds is 4. The van der Waals surface area contributed by atoms with Crippen molar-refractivity contribution in [3.8, 4) is 12.3 Å². The number of terminal acetylenes is 1. The van der Waals surface area contributed by atoms with Gasteiger partial charge in [0.2, 0.25) is 0 Å². The summed E-state index contributed by atoms with van der Waals surface area (Å²) in [5.74, 6) is 1.28. The molecule has 0 aliphatic carbocycles. The second-order valence-electron chi connectivity index (χ2n) is 3.46. The lowest BCUT2D eigenvalue weighted by molar-refractivity contribution is 0.0694. The van der Waals surface area contributed by atoms with E-state index in [1.807, 2.05) is 0 Å². The molecule has 1 rings (SSSR count). The second-order valence-corrected chi connectivity index (χ2v) is 3.46. The van der Waals surface area contributed by atoms with Crippen molar-refractivity contribution in [1.29, 1.82) is 0 Å². The largest absolute Gasteiger partial charge is 0.477 e. The fraction of sp³-hybridized carbons (Fsp3) is 0.333. The molecule has 0 saturated carbocycles. The third kappa shape index (κ3) is 2.51. The van der Waals surface area contributed by atoms with Crippen LogP contribution in [0.5, 0.6) is 0 Å². The van der Waals surface area contributed by atoms with E-state index in [4.69, 9.17) is 11.5 Å². The molecule has 0 radical (unpaired) electrons. The first-order valence-electron chi connectivity index (χ1n) is 4.95. The van der Waals surface area contributed by atoms with E-state index in [1.165, 1.54) is 10.6 Å². The normalized spacial score (nSPS) is 9.75. The van der Waals surface area contributed by atoms with Crippen LogP contribution in [0.4, 0.5) is 0 Å². The molecular formula is C12H13NO3. The molecule has 0 atom stereocenters. The molecular weight excluding hydrogens is 206 g/mol. The standard InChI is InChI=1S/C12H13NO3/c1-3-4-5-8-13-9(2)6-7-10(11(13)14)12(15)16/h1,6-7H,4-5,8H2,2H3,(H,15,16). The smallest absolute Gasteiger partial charge is 0.341 e. The monoisotopic (exact) mass is 219 g/mol. The van der Waals surface area contributed by atoms with E-state index < -0.39 is 11.5 Å². The van der Waals surface area contributed by atoms with E-state index in [1.54, 1.807) is 13.0 Å². The predicted molar refractivity (Wildman–Crippen MR) is 60.5 cm³/mol. The quantitative estimate of drug-likeness (QED) is 0.612. The Hall–Kier alpha value is -2.02. The maximum atomic E-state index is 11.8. The van der Waals surface area contributed by atoms with E-state index in [2.05, 4.69) is 5.92 Å². The molecule has 1 N–H and O–H groups in total. The number of carboxylic acids is 1. The highest BCUT2D eigenvalue weighted by molar-refractivity contribution is 5.87. The van der Waals surface area contributed by atoms with E-state index in [-0.39, 0.29) is 5.56 Å². The van der Waals surface area contributed by atoms with Crippen LogP contribution < -0.4 is 5.56 Å². The van der Waals surface area contributed by atoms with E-state index in [0.717, 1.165) is 5.69 Å². The lowest BCUT2D eigenvalue weighted by Crippen LogP contribution is -2.27. The van der Waals surface area contributed by atoms with Gasteiger partial charge in [0.1, 0.15) is 5.56 Å². The van der Waals surface area contributed by atoms with Crippen molar-refractivity contribution in [2.75, 3.05) is 0 Å². The van der Waals surface area contributed by atoms with Crippen molar-refractivity contribution < 1.29 is 9.90 Å². The molecule has 0 amide bonds. The summed E-state index contributed by atoms with van der Waals surface area (Å²) in [6, 6.07) is 2.96. The lowest BCUT2D eigenvalue weighted by Gasteiger charge is -2.09. The molecule has 0 aliphatic rings. The van der Waals surface area contributed by atoms with Gasteiger partial charge >= 0.3 is 5.97 Å². The Labute approximate surface area is 93.5 Å². The van der Waals surface area contributed by atoms with Gasteiger partial charge in [-0.2, -0.15) is 0 Å². The topological polar surface area (TPSA) is 59.3 Å². The number of aromatic nitrogens is 1.